The average Bonchev–Trinajstić information content (AvgIpc) is 3.00. The first-order valence-electron chi connectivity index (χ1n) is 6.28. The van der Waals surface area contributed by atoms with Gasteiger partial charge in [-0.05, 0) is 36.1 Å². The number of hydrogen-bond acceptors (Lipinski definition) is 4. The second-order valence-electron chi connectivity index (χ2n) is 4.37. The van der Waals surface area contributed by atoms with E-state index in [4.69, 9.17) is 4.42 Å². The maximum absolute atomic E-state index is 11.9. The molecule has 2 rings (SSSR count). The number of amides is 1. The molecule has 1 heterocycles. The molecule has 1 unspecified atom stereocenters. The molecular formula is C15H17NO3S. The molecule has 0 radical (unpaired) electrons. The summed E-state index contributed by atoms with van der Waals surface area (Å²) in [5.41, 5.74) is 1.77. The molecule has 0 aliphatic rings. The Bertz CT molecular complexity index is 537. The van der Waals surface area contributed by atoms with Gasteiger partial charge in [0.2, 0.25) is 0 Å². The summed E-state index contributed by atoms with van der Waals surface area (Å²) in [4.78, 5) is 11.9. The van der Waals surface area contributed by atoms with Crippen LogP contribution < -0.4 is 5.32 Å². The van der Waals surface area contributed by atoms with Gasteiger partial charge in [-0.15, -0.1) is 0 Å². The van der Waals surface area contributed by atoms with Gasteiger partial charge in [-0.1, -0.05) is 12.1 Å². The van der Waals surface area contributed by atoms with Crippen LogP contribution in [0.4, 0.5) is 0 Å². The van der Waals surface area contributed by atoms with Gasteiger partial charge in [0.25, 0.3) is 5.91 Å². The van der Waals surface area contributed by atoms with E-state index >= 15 is 0 Å². The molecular weight excluding hydrogens is 274 g/mol. The van der Waals surface area contributed by atoms with Crippen molar-refractivity contribution in [3.8, 4) is 0 Å². The Hall–Kier alpha value is -1.72. The lowest BCUT2D eigenvalue weighted by Gasteiger charge is -2.10. The van der Waals surface area contributed by atoms with Crippen LogP contribution in [0.3, 0.4) is 0 Å². The third kappa shape index (κ3) is 3.88. The summed E-state index contributed by atoms with van der Waals surface area (Å²) in [6.45, 7) is 0.124. The lowest BCUT2D eigenvalue weighted by atomic mass is 10.1. The van der Waals surface area contributed by atoms with Crippen LogP contribution in [0.2, 0.25) is 0 Å². The highest BCUT2D eigenvalue weighted by molar-refractivity contribution is 7.97. The Balaban J connectivity index is 1.88. The van der Waals surface area contributed by atoms with Gasteiger partial charge >= 0.3 is 0 Å². The summed E-state index contributed by atoms with van der Waals surface area (Å²) in [5, 5.41) is 12.5. The van der Waals surface area contributed by atoms with Crippen LogP contribution in [-0.2, 0) is 5.75 Å². The molecule has 0 saturated carbocycles. The summed E-state index contributed by atoms with van der Waals surface area (Å²) in [7, 11) is 0. The first-order chi connectivity index (χ1) is 9.70. The van der Waals surface area contributed by atoms with E-state index in [2.05, 4.69) is 5.32 Å². The molecule has 1 amide bonds. The monoisotopic (exact) mass is 291 g/mol. The SMILES string of the molecule is CSCc1ccc(C(=O)NCC(O)c2ccco2)cc1. The molecule has 0 spiro atoms. The highest BCUT2D eigenvalue weighted by Crippen LogP contribution is 2.13. The van der Waals surface area contributed by atoms with Crippen molar-refractivity contribution in [3.63, 3.8) is 0 Å². The van der Waals surface area contributed by atoms with E-state index in [-0.39, 0.29) is 12.5 Å². The van der Waals surface area contributed by atoms with Crippen LogP contribution in [0.25, 0.3) is 0 Å². The van der Waals surface area contributed by atoms with Crippen LogP contribution in [0, 0.1) is 0 Å². The van der Waals surface area contributed by atoms with Crippen molar-refractivity contribution in [3.05, 3.63) is 59.5 Å². The van der Waals surface area contributed by atoms with Crippen molar-refractivity contribution in [2.45, 2.75) is 11.9 Å². The van der Waals surface area contributed by atoms with Gasteiger partial charge in [0.15, 0.2) is 0 Å². The molecule has 1 aromatic carbocycles. The van der Waals surface area contributed by atoms with Gasteiger partial charge in [0, 0.05) is 11.3 Å². The number of rotatable bonds is 6. The van der Waals surface area contributed by atoms with Crippen LogP contribution in [0.5, 0.6) is 0 Å². The van der Waals surface area contributed by atoms with Gasteiger partial charge in [-0.2, -0.15) is 11.8 Å². The van der Waals surface area contributed by atoms with Gasteiger partial charge in [-0.25, -0.2) is 0 Å². The van der Waals surface area contributed by atoms with E-state index in [9.17, 15) is 9.90 Å². The summed E-state index contributed by atoms with van der Waals surface area (Å²) in [6.07, 6.45) is 2.70. The molecule has 4 nitrogen and oxygen atoms in total. The van der Waals surface area contributed by atoms with Crippen molar-refractivity contribution in [2.24, 2.45) is 0 Å². The zero-order valence-corrected chi connectivity index (χ0v) is 12.0. The number of furan rings is 1. The maximum atomic E-state index is 11.9. The maximum Gasteiger partial charge on any atom is 0.251 e. The van der Waals surface area contributed by atoms with E-state index in [0.717, 1.165) is 5.75 Å². The zero-order valence-electron chi connectivity index (χ0n) is 11.2. The fourth-order valence-corrected chi connectivity index (χ4v) is 2.32. The molecule has 0 fully saturated rings. The fourth-order valence-electron chi connectivity index (χ4n) is 1.79. The lowest BCUT2D eigenvalue weighted by molar-refractivity contribution is 0.0901. The van der Waals surface area contributed by atoms with Crippen LogP contribution >= 0.6 is 11.8 Å². The summed E-state index contributed by atoms with van der Waals surface area (Å²) < 4.78 is 5.07. The molecule has 0 bridgehead atoms. The van der Waals surface area contributed by atoms with Gasteiger partial charge in [0.1, 0.15) is 11.9 Å². The molecule has 1 aromatic heterocycles. The average molecular weight is 291 g/mol. The van der Waals surface area contributed by atoms with Crippen molar-refractivity contribution < 1.29 is 14.3 Å². The third-order valence-electron chi connectivity index (χ3n) is 2.85. The predicted molar refractivity (Wildman–Crippen MR) is 79.7 cm³/mol. The summed E-state index contributed by atoms with van der Waals surface area (Å²) in [6, 6.07) is 10.8. The number of nitrogens with one attached hydrogen (secondary N) is 1. The van der Waals surface area contributed by atoms with Crippen LogP contribution in [0.15, 0.2) is 47.1 Å². The molecule has 5 heteroatoms. The van der Waals surface area contributed by atoms with Crippen LogP contribution in [0.1, 0.15) is 27.8 Å². The standard InChI is InChI=1S/C15H17NO3S/c1-20-10-11-4-6-12(7-5-11)15(18)16-9-13(17)14-3-2-8-19-14/h2-8,13,17H,9-10H2,1H3,(H,16,18). The number of aliphatic hydroxyl groups is 1. The molecule has 2 aromatic rings. The minimum absolute atomic E-state index is 0.124. The topological polar surface area (TPSA) is 62.5 Å². The number of carbonyl (C=O) groups excluding carboxylic acids is 1. The van der Waals surface area contributed by atoms with Crippen molar-refractivity contribution in [1.82, 2.24) is 5.32 Å². The van der Waals surface area contributed by atoms with E-state index < -0.39 is 6.10 Å². The number of thioether (sulfide) groups is 1. The van der Waals surface area contributed by atoms with Gasteiger partial charge in [0.05, 0.1) is 12.8 Å². The fraction of sp³-hybridized carbons (Fsp3) is 0.267. The van der Waals surface area contributed by atoms with Crippen molar-refractivity contribution >= 4 is 17.7 Å². The Labute approximate surface area is 122 Å². The first-order valence-corrected chi connectivity index (χ1v) is 7.67. The van der Waals surface area contributed by atoms with Gasteiger partial charge < -0.3 is 14.8 Å². The minimum atomic E-state index is -0.829. The molecule has 106 valence electrons. The summed E-state index contributed by atoms with van der Waals surface area (Å²) in [5.74, 6) is 1.17. The highest BCUT2D eigenvalue weighted by atomic mass is 32.2. The Morgan fingerprint density at radius 3 is 2.70 bits per heavy atom. The molecule has 1 atom stereocenters. The number of benzene rings is 1. The van der Waals surface area contributed by atoms with E-state index in [1.807, 2.05) is 18.4 Å². The second kappa shape index (κ2) is 7.17. The predicted octanol–water partition coefficient (Wildman–Crippen LogP) is 2.61. The number of aliphatic hydroxyl groups excluding tert-OH is 1. The van der Waals surface area contributed by atoms with Crippen LogP contribution in [-0.4, -0.2) is 23.8 Å². The first kappa shape index (κ1) is 14.7. The van der Waals surface area contributed by atoms with E-state index in [0.29, 0.717) is 11.3 Å². The molecule has 0 saturated heterocycles. The third-order valence-corrected chi connectivity index (χ3v) is 3.48. The molecule has 20 heavy (non-hydrogen) atoms. The van der Waals surface area contributed by atoms with Crippen molar-refractivity contribution in [2.75, 3.05) is 12.8 Å². The van der Waals surface area contributed by atoms with E-state index in [1.165, 1.54) is 11.8 Å². The normalized spacial score (nSPS) is 12.1. The Kier molecular flexibility index (Phi) is 5.26. The zero-order chi connectivity index (χ0) is 14.4. The van der Waals surface area contributed by atoms with Crippen molar-refractivity contribution in [1.29, 1.82) is 0 Å². The lowest BCUT2D eigenvalue weighted by Crippen LogP contribution is -2.28. The van der Waals surface area contributed by atoms with E-state index in [1.54, 1.807) is 36.0 Å². The number of hydrogen-bond donors (Lipinski definition) is 2. The largest absolute Gasteiger partial charge is 0.467 e. The molecule has 2 N–H and O–H groups in total. The second-order valence-corrected chi connectivity index (χ2v) is 5.24. The minimum Gasteiger partial charge on any atom is -0.467 e. The highest BCUT2D eigenvalue weighted by Gasteiger charge is 2.12. The molecule has 0 aliphatic heterocycles. The van der Waals surface area contributed by atoms with Gasteiger partial charge in [-0.3, -0.25) is 4.79 Å². The quantitative estimate of drug-likeness (QED) is 0.859. The Morgan fingerprint density at radius 1 is 1.35 bits per heavy atom. The molecule has 0 aliphatic carbocycles. The number of carbonyl (C=O) groups is 1. The Morgan fingerprint density at radius 2 is 2.10 bits per heavy atom. The smallest absolute Gasteiger partial charge is 0.251 e. The summed E-state index contributed by atoms with van der Waals surface area (Å²) >= 11 is 1.74.